The van der Waals surface area contributed by atoms with Gasteiger partial charge in [-0.2, -0.15) is 10.1 Å². The standard InChI is InChI=1S/C26H22N4O3/c1-31-18-9-5-7-16(13-18)24-22-23(29-26-27-15-28-30(24)26)20-11-3-4-12-21(20)33-25(22)17-8-6-10-19(14-17)32-2/h3-15,24-25H,1-2H3,(H,27,28,29)/t24-,25+/m1/s1. The van der Waals surface area contributed by atoms with E-state index in [-0.39, 0.29) is 12.1 Å². The van der Waals surface area contributed by atoms with Crippen molar-refractivity contribution in [3.63, 3.8) is 0 Å². The molecule has 1 aromatic heterocycles. The van der Waals surface area contributed by atoms with Crippen LogP contribution >= 0.6 is 0 Å². The first-order valence-electron chi connectivity index (χ1n) is 10.7. The number of para-hydroxylation sites is 1. The largest absolute Gasteiger partial charge is 0.497 e. The molecule has 0 unspecified atom stereocenters. The quantitative estimate of drug-likeness (QED) is 0.491. The van der Waals surface area contributed by atoms with E-state index in [0.29, 0.717) is 5.95 Å². The third-order valence-electron chi connectivity index (χ3n) is 6.13. The lowest BCUT2D eigenvalue weighted by atomic mass is 9.84. The van der Waals surface area contributed by atoms with Crippen LogP contribution in [0.15, 0.2) is 84.7 Å². The maximum Gasteiger partial charge on any atom is 0.226 e. The summed E-state index contributed by atoms with van der Waals surface area (Å²) in [5.74, 6) is 3.06. The van der Waals surface area contributed by atoms with Crippen LogP contribution in [0.25, 0.3) is 5.70 Å². The Labute approximate surface area is 191 Å². The van der Waals surface area contributed by atoms with E-state index < -0.39 is 0 Å². The molecule has 7 heteroatoms. The predicted molar refractivity (Wildman–Crippen MR) is 125 cm³/mol. The van der Waals surface area contributed by atoms with Gasteiger partial charge in [0.15, 0.2) is 0 Å². The molecule has 3 aromatic carbocycles. The van der Waals surface area contributed by atoms with Crippen molar-refractivity contribution in [2.75, 3.05) is 19.5 Å². The number of benzene rings is 3. The van der Waals surface area contributed by atoms with Crippen molar-refractivity contribution in [3.05, 3.63) is 101 Å². The molecule has 2 aliphatic heterocycles. The van der Waals surface area contributed by atoms with Crippen LogP contribution in [-0.4, -0.2) is 29.0 Å². The Balaban J connectivity index is 1.62. The molecule has 3 heterocycles. The first-order valence-corrected chi connectivity index (χ1v) is 10.7. The highest BCUT2D eigenvalue weighted by atomic mass is 16.5. The fourth-order valence-electron chi connectivity index (χ4n) is 4.63. The predicted octanol–water partition coefficient (Wildman–Crippen LogP) is 4.86. The molecule has 2 atom stereocenters. The van der Waals surface area contributed by atoms with Crippen molar-refractivity contribution >= 4 is 11.6 Å². The van der Waals surface area contributed by atoms with E-state index in [4.69, 9.17) is 14.2 Å². The van der Waals surface area contributed by atoms with E-state index in [1.807, 2.05) is 59.3 Å². The van der Waals surface area contributed by atoms with E-state index in [1.54, 1.807) is 20.5 Å². The van der Waals surface area contributed by atoms with Gasteiger partial charge in [-0.15, -0.1) is 0 Å². The summed E-state index contributed by atoms with van der Waals surface area (Å²) in [6.07, 6.45) is 1.22. The highest BCUT2D eigenvalue weighted by Gasteiger charge is 2.41. The van der Waals surface area contributed by atoms with Gasteiger partial charge in [-0.1, -0.05) is 36.4 Å². The number of aromatic nitrogens is 3. The number of methoxy groups -OCH3 is 2. The van der Waals surface area contributed by atoms with E-state index in [2.05, 4.69) is 33.6 Å². The van der Waals surface area contributed by atoms with Crippen LogP contribution < -0.4 is 19.5 Å². The van der Waals surface area contributed by atoms with Crippen LogP contribution in [0.5, 0.6) is 17.2 Å². The smallest absolute Gasteiger partial charge is 0.226 e. The molecule has 7 nitrogen and oxygen atoms in total. The normalized spacial score (nSPS) is 18.4. The number of nitrogens with one attached hydrogen (secondary N) is 1. The Bertz CT molecular complexity index is 1380. The summed E-state index contributed by atoms with van der Waals surface area (Å²) >= 11 is 0. The molecular weight excluding hydrogens is 416 g/mol. The molecule has 2 aliphatic rings. The lowest BCUT2D eigenvalue weighted by Gasteiger charge is -2.39. The summed E-state index contributed by atoms with van der Waals surface area (Å²) < 4.78 is 19.6. The maximum atomic E-state index is 6.64. The molecule has 6 rings (SSSR count). The number of hydrogen-bond acceptors (Lipinski definition) is 6. The fourth-order valence-corrected chi connectivity index (χ4v) is 4.63. The number of nitrogens with zero attached hydrogens (tertiary/aromatic N) is 3. The molecule has 0 fully saturated rings. The second-order valence-electron chi connectivity index (χ2n) is 7.93. The van der Waals surface area contributed by atoms with Gasteiger partial charge < -0.3 is 19.5 Å². The van der Waals surface area contributed by atoms with E-state index in [9.17, 15) is 0 Å². The summed E-state index contributed by atoms with van der Waals surface area (Å²) in [6.45, 7) is 0. The zero-order chi connectivity index (χ0) is 22.4. The van der Waals surface area contributed by atoms with Gasteiger partial charge in [0.05, 0.1) is 19.9 Å². The van der Waals surface area contributed by atoms with Crippen LogP contribution in [0.4, 0.5) is 5.95 Å². The van der Waals surface area contributed by atoms with Gasteiger partial charge in [-0.25, -0.2) is 4.68 Å². The summed E-state index contributed by atoms with van der Waals surface area (Å²) in [5.41, 5.74) is 5.06. The van der Waals surface area contributed by atoms with Crippen molar-refractivity contribution in [1.29, 1.82) is 0 Å². The van der Waals surface area contributed by atoms with Crippen LogP contribution in [0.1, 0.15) is 28.8 Å². The average molecular weight is 438 g/mol. The van der Waals surface area contributed by atoms with Crippen molar-refractivity contribution in [2.45, 2.75) is 12.1 Å². The third-order valence-corrected chi connectivity index (χ3v) is 6.13. The number of fused-ring (bicyclic) bond motifs is 3. The van der Waals surface area contributed by atoms with Crippen LogP contribution in [0, 0.1) is 0 Å². The minimum atomic E-state index is -0.356. The van der Waals surface area contributed by atoms with Crippen LogP contribution in [-0.2, 0) is 0 Å². The zero-order valence-corrected chi connectivity index (χ0v) is 18.2. The molecule has 0 saturated carbocycles. The maximum absolute atomic E-state index is 6.64. The second-order valence-corrected chi connectivity index (χ2v) is 7.93. The molecule has 0 spiro atoms. The van der Waals surface area contributed by atoms with Gasteiger partial charge in [-0.3, -0.25) is 0 Å². The van der Waals surface area contributed by atoms with Gasteiger partial charge in [0.2, 0.25) is 5.95 Å². The Kier molecular flexibility index (Phi) is 4.54. The summed E-state index contributed by atoms with van der Waals surface area (Å²) in [6, 6.07) is 23.9. The van der Waals surface area contributed by atoms with Gasteiger partial charge in [0.1, 0.15) is 35.7 Å². The molecular formula is C26H22N4O3. The Hall–Kier alpha value is -4.26. The van der Waals surface area contributed by atoms with E-state index in [0.717, 1.165) is 45.2 Å². The van der Waals surface area contributed by atoms with Gasteiger partial charge in [0.25, 0.3) is 0 Å². The second kappa shape index (κ2) is 7.70. The highest BCUT2D eigenvalue weighted by molar-refractivity contribution is 5.85. The van der Waals surface area contributed by atoms with Crippen molar-refractivity contribution in [1.82, 2.24) is 14.8 Å². The van der Waals surface area contributed by atoms with Gasteiger partial charge in [0, 0.05) is 16.7 Å². The zero-order valence-electron chi connectivity index (χ0n) is 18.2. The minimum Gasteiger partial charge on any atom is -0.497 e. The molecule has 0 saturated heterocycles. The van der Waals surface area contributed by atoms with Crippen LogP contribution in [0.2, 0.25) is 0 Å². The number of hydrogen-bond donors (Lipinski definition) is 1. The van der Waals surface area contributed by atoms with E-state index in [1.165, 1.54) is 0 Å². The molecule has 0 bridgehead atoms. The Morgan fingerprint density at radius 3 is 2.39 bits per heavy atom. The van der Waals surface area contributed by atoms with Gasteiger partial charge in [-0.05, 0) is 42.0 Å². The summed E-state index contributed by atoms with van der Waals surface area (Å²) in [4.78, 5) is 4.48. The Morgan fingerprint density at radius 2 is 1.61 bits per heavy atom. The minimum absolute atomic E-state index is 0.238. The molecule has 0 aliphatic carbocycles. The molecule has 33 heavy (non-hydrogen) atoms. The topological polar surface area (TPSA) is 70.4 Å². The lowest BCUT2D eigenvalue weighted by molar-refractivity contribution is 0.222. The summed E-state index contributed by atoms with van der Waals surface area (Å²) in [5, 5.41) is 8.09. The van der Waals surface area contributed by atoms with Crippen molar-refractivity contribution in [2.24, 2.45) is 0 Å². The van der Waals surface area contributed by atoms with Crippen molar-refractivity contribution < 1.29 is 14.2 Å². The number of ether oxygens (including phenoxy) is 3. The first-order chi connectivity index (χ1) is 16.3. The average Bonchev–Trinajstić information content (AvgIpc) is 3.35. The SMILES string of the molecule is COc1cccc([C@@H]2Oc3ccccc3C3=C2[C@@H](c2cccc(OC)c2)n2ncnc2N3)c1. The lowest BCUT2D eigenvalue weighted by Crippen LogP contribution is -2.32. The van der Waals surface area contributed by atoms with E-state index >= 15 is 0 Å². The summed E-state index contributed by atoms with van der Waals surface area (Å²) in [7, 11) is 3.34. The third kappa shape index (κ3) is 3.12. The Morgan fingerprint density at radius 1 is 0.879 bits per heavy atom. The molecule has 4 aromatic rings. The number of rotatable bonds is 4. The monoisotopic (exact) mass is 438 g/mol. The fraction of sp³-hybridized carbons (Fsp3) is 0.154. The van der Waals surface area contributed by atoms with Crippen LogP contribution in [0.3, 0.4) is 0 Å². The highest BCUT2D eigenvalue weighted by Crippen LogP contribution is 2.50. The molecule has 0 radical (unpaired) electrons. The molecule has 0 amide bonds. The molecule has 1 N–H and O–H groups in total. The molecule has 164 valence electrons. The number of anilines is 1. The van der Waals surface area contributed by atoms with Crippen molar-refractivity contribution in [3.8, 4) is 17.2 Å². The first kappa shape index (κ1) is 19.4. The van der Waals surface area contributed by atoms with Gasteiger partial charge >= 0.3 is 0 Å².